The third-order valence-electron chi connectivity index (χ3n) is 5.91. The molecule has 0 unspecified atom stereocenters. The molecule has 1 aliphatic heterocycles. The van der Waals surface area contributed by atoms with Crippen LogP contribution in [0.1, 0.15) is 31.7 Å². The second-order valence-electron chi connectivity index (χ2n) is 8.33. The van der Waals surface area contributed by atoms with Gasteiger partial charge in [0.05, 0.1) is 35.2 Å². The normalized spacial score (nSPS) is 14.2. The SMILES string of the molecule is CCCCCc1ccc(S(=O)(=O)Nc2cc(-c3csc(NC)n3)ccc2N2CCOCC2)cc1. The van der Waals surface area contributed by atoms with Gasteiger partial charge in [0.25, 0.3) is 10.0 Å². The minimum Gasteiger partial charge on any atom is -0.378 e. The Morgan fingerprint density at radius 2 is 1.85 bits per heavy atom. The van der Waals surface area contributed by atoms with Crippen LogP contribution in [0.2, 0.25) is 0 Å². The van der Waals surface area contributed by atoms with Crippen LogP contribution < -0.4 is 14.9 Å². The van der Waals surface area contributed by atoms with E-state index in [1.165, 1.54) is 17.8 Å². The largest absolute Gasteiger partial charge is 0.378 e. The van der Waals surface area contributed by atoms with Gasteiger partial charge in [0, 0.05) is 31.1 Å². The number of ether oxygens (including phenoxy) is 1. The van der Waals surface area contributed by atoms with E-state index in [-0.39, 0.29) is 4.90 Å². The van der Waals surface area contributed by atoms with Gasteiger partial charge in [-0.3, -0.25) is 4.72 Å². The van der Waals surface area contributed by atoms with Gasteiger partial charge in [-0.05, 0) is 42.7 Å². The average molecular weight is 501 g/mol. The molecule has 0 saturated carbocycles. The molecule has 3 aromatic rings. The van der Waals surface area contributed by atoms with Gasteiger partial charge < -0.3 is 15.0 Å². The van der Waals surface area contributed by atoms with E-state index in [4.69, 9.17) is 4.74 Å². The van der Waals surface area contributed by atoms with Crippen LogP contribution in [0.4, 0.5) is 16.5 Å². The molecular formula is C25H32N4O3S2. The molecule has 1 saturated heterocycles. The molecule has 1 aromatic heterocycles. The summed E-state index contributed by atoms with van der Waals surface area (Å²) in [5.74, 6) is 0. The summed E-state index contributed by atoms with van der Waals surface area (Å²) in [6, 6.07) is 13.0. The van der Waals surface area contributed by atoms with Crippen LogP contribution in [-0.4, -0.2) is 46.8 Å². The van der Waals surface area contributed by atoms with Crippen molar-refractivity contribution in [2.45, 2.75) is 37.5 Å². The summed E-state index contributed by atoms with van der Waals surface area (Å²) in [5, 5.41) is 5.83. The molecule has 182 valence electrons. The Morgan fingerprint density at radius 1 is 1.09 bits per heavy atom. The van der Waals surface area contributed by atoms with E-state index in [2.05, 4.69) is 26.8 Å². The number of anilines is 3. The Kier molecular flexibility index (Phi) is 8.07. The number of morpholine rings is 1. The smallest absolute Gasteiger partial charge is 0.261 e. The number of aryl methyl sites for hydroxylation is 1. The highest BCUT2D eigenvalue weighted by Crippen LogP contribution is 2.34. The van der Waals surface area contributed by atoms with Crippen molar-refractivity contribution >= 4 is 37.9 Å². The molecular weight excluding hydrogens is 468 g/mol. The fourth-order valence-corrected chi connectivity index (χ4v) is 5.74. The maximum absolute atomic E-state index is 13.3. The van der Waals surface area contributed by atoms with Crippen molar-refractivity contribution in [3.63, 3.8) is 0 Å². The number of thiazole rings is 1. The molecule has 2 heterocycles. The minimum absolute atomic E-state index is 0.260. The van der Waals surface area contributed by atoms with Crippen LogP contribution in [0.15, 0.2) is 52.7 Å². The van der Waals surface area contributed by atoms with Crippen molar-refractivity contribution in [3.05, 3.63) is 53.4 Å². The maximum atomic E-state index is 13.3. The number of hydrogen-bond acceptors (Lipinski definition) is 7. The first-order chi connectivity index (χ1) is 16.5. The average Bonchev–Trinajstić information content (AvgIpc) is 3.34. The number of nitrogens with one attached hydrogen (secondary N) is 2. The molecule has 34 heavy (non-hydrogen) atoms. The predicted octanol–water partition coefficient (Wildman–Crippen LogP) is 5.22. The number of sulfonamides is 1. The Bertz CT molecular complexity index is 1190. The van der Waals surface area contributed by atoms with Gasteiger partial charge in [-0.25, -0.2) is 13.4 Å². The second kappa shape index (κ2) is 11.2. The van der Waals surface area contributed by atoms with Crippen LogP contribution in [-0.2, 0) is 21.2 Å². The Labute approximate surface area is 206 Å². The molecule has 0 spiro atoms. The zero-order valence-corrected chi connectivity index (χ0v) is 21.3. The van der Waals surface area contributed by atoms with Crippen LogP contribution in [0.25, 0.3) is 11.3 Å². The summed E-state index contributed by atoms with van der Waals surface area (Å²) in [4.78, 5) is 6.99. The summed E-state index contributed by atoms with van der Waals surface area (Å²) in [7, 11) is -1.92. The van der Waals surface area contributed by atoms with Crippen molar-refractivity contribution in [3.8, 4) is 11.3 Å². The Balaban J connectivity index is 1.62. The number of nitrogens with zero attached hydrogens (tertiary/aromatic N) is 2. The monoisotopic (exact) mass is 500 g/mol. The molecule has 0 amide bonds. The molecule has 1 fully saturated rings. The summed E-state index contributed by atoms with van der Waals surface area (Å²) < 4.78 is 35.0. The second-order valence-corrected chi connectivity index (χ2v) is 10.9. The van der Waals surface area contributed by atoms with E-state index in [9.17, 15) is 8.42 Å². The van der Waals surface area contributed by atoms with Crippen LogP contribution in [0, 0.1) is 0 Å². The summed E-state index contributed by atoms with van der Waals surface area (Å²) >= 11 is 1.51. The van der Waals surface area contributed by atoms with E-state index in [0.717, 1.165) is 46.9 Å². The Hall–Kier alpha value is -2.62. The van der Waals surface area contributed by atoms with Gasteiger partial charge in [0.2, 0.25) is 0 Å². The van der Waals surface area contributed by atoms with E-state index in [1.807, 2.05) is 42.8 Å². The molecule has 0 radical (unpaired) electrons. The number of hydrogen-bond donors (Lipinski definition) is 2. The van der Waals surface area contributed by atoms with Crippen molar-refractivity contribution in [1.29, 1.82) is 0 Å². The third-order valence-corrected chi connectivity index (χ3v) is 8.15. The van der Waals surface area contributed by atoms with Crippen molar-refractivity contribution in [2.24, 2.45) is 0 Å². The van der Waals surface area contributed by atoms with E-state index >= 15 is 0 Å². The van der Waals surface area contributed by atoms with Crippen molar-refractivity contribution in [1.82, 2.24) is 4.98 Å². The number of unbranched alkanes of at least 4 members (excludes halogenated alkanes) is 2. The first-order valence-electron chi connectivity index (χ1n) is 11.7. The van der Waals surface area contributed by atoms with Gasteiger partial charge in [0.1, 0.15) is 0 Å². The van der Waals surface area contributed by atoms with Gasteiger partial charge in [-0.15, -0.1) is 11.3 Å². The van der Waals surface area contributed by atoms with Crippen molar-refractivity contribution in [2.75, 3.05) is 48.3 Å². The van der Waals surface area contributed by atoms with E-state index in [1.54, 1.807) is 12.1 Å². The molecule has 0 bridgehead atoms. The van der Waals surface area contributed by atoms with Gasteiger partial charge >= 0.3 is 0 Å². The highest BCUT2D eigenvalue weighted by molar-refractivity contribution is 7.92. The first kappa shape index (κ1) is 24.5. The van der Waals surface area contributed by atoms with Crippen LogP contribution in [0.3, 0.4) is 0 Å². The lowest BCUT2D eigenvalue weighted by Crippen LogP contribution is -2.36. The van der Waals surface area contributed by atoms with Crippen LogP contribution >= 0.6 is 11.3 Å². The third kappa shape index (κ3) is 5.89. The zero-order valence-electron chi connectivity index (χ0n) is 19.7. The number of rotatable bonds is 10. The zero-order chi connectivity index (χ0) is 24.0. The highest BCUT2D eigenvalue weighted by atomic mass is 32.2. The van der Waals surface area contributed by atoms with Gasteiger partial charge in [0.15, 0.2) is 5.13 Å². The lowest BCUT2D eigenvalue weighted by Gasteiger charge is -2.31. The van der Waals surface area contributed by atoms with E-state index < -0.39 is 10.0 Å². The molecule has 0 aliphatic carbocycles. The molecule has 2 aromatic carbocycles. The molecule has 7 nitrogen and oxygen atoms in total. The van der Waals surface area contributed by atoms with Gasteiger partial charge in [-0.2, -0.15) is 0 Å². The molecule has 1 aliphatic rings. The van der Waals surface area contributed by atoms with Crippen LogP contribution in [0.5, 0.6) is 0 Å². The standard InChI is InChI=1S/C25H32N4O3S2/c1-3-4-5-6-19-7-10-21(11-8-19)34(30,31)28-22-17-20(23-18-33-25(26-2)27-23)9-12-24(22)29-13-15-32-16-14-29/h7-12,17-18,28H,3-6,13-16H2,1-2H3,(H,26,27). The quantitative estimate of drug-likeness (QED) is 0.371. The Morgan fingerprint density at radius 3 is 2.53 bits per heavy atom. The number of benzene rings is 2. The van der Waals surface area contributed by atoms with Gasteiger partial charge in [-0.1, -0.05) is 38.0 Å². The lowest BCUT2D eigenvalue weighted by atomic mass is 10.1. The van der Waals surface area contributed by atoms with E-state index in [0.29, 0.717) is 32.0 Å². The fourth-order valence-electron chi connectivity index (χ4n) is 4.00. The maximum Gasteiger partial charge on any atom is 0.261 e. The molecule has 9 heteroatoms. The summed E-state index contributed by atoms with van der Waals surface area (Å²) in [5.41, 5.74) is 4.21. The highest BCUT2D eigenvalue weighted by Gasteiger charge is 2.21. The lowest BCUT2D eigenvalue weighted by molar-refractivity contribution is 0.123. The predicted molar refractivity (Wildman–Crippen MR) is 141 cm³/mol. The first-order valence-corrected chi connectivity index (χ1v) is 14.1. The summed E-state index contributed by atoms with van der Waals surface area (Å²) in [6.45, 7) is 4.83. The minimum atomic E-state index is -3.75. The molecule has 2 N–H and O–H groups in total. The summed E-state index contributed by atoms with van der Waals surface area (Å²) in [6.07, 6.45) is 4.42. The fraction of sp³-hybridized carbons (Fsp3) is 0.400. The topological polar surface area (TPSA) is 83.6 Å². The van der Waals surface area contributed by atoms with Crippen molar-refractivity contribution < 1.29 is 13.2 Å². The molecule has 4 rings (SSSR count). The molecule has 0 atom stereocenters. The number of aromatic nitrogens is 1.